The fraction of sp³-hybridized carbons (Fsp3) is 0.364. The second kappa shape index (κ2) is 7.73. The Balaban J connectivity index is 0.00000225. The lowest BCUT2D eigenvalue weighted by molar-refractivity contribution is 0.492. The highest BCUT2D eigenvalue weighted by molar-refractivity contribution is 14.0. The maximum atomic E-state index is 5.89. The van der Waals surface area contributed by atoms with E-state index in [1.54, 1.807) is 0 Å². The van der Waals surface area contributed by atoms with Crippen molar-refractivity contribution in [3.05, 3.63) is 34.9 Å². The van der Waals surface area contributed by atoms with E-state index in [0.717, 1.165) is 17.1 Å². The molecule has 3 nitrogen and oxygen atoms in total. The molecule has 0 heterocycles. The molecule has 0 saturated heterocycles. The van der Waals surface area contributed by atoms with E-state index in [9.17, 15) is 0 Å². The van der Waals surface area contributed by atoms with E-state index in [1.165, 1.54) is 0 Å². The molecule has 0 radical (unpaired) electrons. The Bertz CT molecular complexity index is 355. The minimum Gasteiger partial charge on any atom is -0.370 e. The van der Waals surface area contributed by atoms with Crippen LogP contribution >= 0.6 is 35.6 Å². The SMILES string of the molecule is CCN=C(N)N(C)Cc1cccc(Cl)c1.I. The molecule has 5 heteroatoms. The number of halogens is 2. The molecule has 2 N–H and O–H groups in total. The second-order valence-electron chi connectivity index (χ2n) is 3.32. The molecular formula is C11H17ClIN3. The van der Waals surface area contributed by atoms with Gasteiger partial charge in [0.1, 0.15) is 0 Å². The largest absolute Gasteiger partial charge is 0.370 e. The molecule has 0 aliphatic rings. The molecule has 1 rings (SSSR count). The van der Waals surface area contributed by atoms with Gasteiger partial charge in [0.05, 0.1) is 0 Å². The number of guanidine groups is 1. The lowest BCUT2D eigenvalue weighted by Gasteiger charge is -2.17. The molecule has 0 aromatic heterocycles. The van der Waals surface area contributed by atoms with Crippen molar-refractivity contribution in [1.29, 1.82) is 0 Å². The zero-order chi connectivity index (χ0) is 11.3. The Morgan fingerprint density at radius 1 is 1.50 bits per heavy atom. The van der Waals surface area contributed by atoms with E-state index in [0.29, 0.717) is 12.5 Å². The van der Waals surface area contributed by atoms with Gasteiger partial charge in [0.2, 0.25) is 0 Å². The van der Waals surface area contributed by atoms with Gasteiger partial charge in [-0.05, 0) is 24.6 Å². The number of hydrogen-bond acceptors (Lipinski definition) is 1. The van der Waals surface area contributed by atoms with E-state index in [-0.39, 0.29) is 24.0 Å². The highest BCUT2D eigenvalue weighted by atomic mass is 127. The quantitative estimate of drug-likeness (QED) is 0.516. The van der Waals surface area contributed by atoms with E-state index < -0.39 is 0 Å². The van der Waals surface area contributed by atoms with Crippen molar-refractivity contribution < 1.29 is 0 Å². The summed E-state index contributed by atoms with van der Waals surface area (Å²) in [6, 6.07) is 7.73. The molecule has 0 saturated carbocycles. The van der Waals surface area contributed by atoms with Crippen molar-refractivity contribution in [2.45, 2.75) is 13.5 Å². The maximum Gasteiger partial charge on any atom is 0.191 e. The van der Waals surface area contributed by atoms with Gasteiger partial charge in [0.25, 0.3) is 0 Å². The summed E-state index contributed by atoms with van der Waals surface area (Å²) in [6.07, 6.45) is 0. The van der Waals surface area contributed by atoms with Crippen molar-refractivity contribution in [1.82, 2.24) is 4.90 Å². The molecule has 0 spiro atoms. The summed E-state index contributed by atoms with van der Waals surface area (Å²) in [5.74, 6) is 0.553. The van der Waals surface area contributed by atoms with Crippen LogP contribution in [0.4, 0.5) is 0 Å². The molecule has 0 aliphatic carbocycles. The minimum absolute atomic E-state index is 0. The highest BCUT2D eigenvalue weighted by Crippen LogP contribution is 2.11. The van der Waals surface area contributed by atoms with Crippen molar-refractivity contribution in [3.8, 4) is 0 Å². The fourth-order valence-corrected chi connectivity index (χ4v) is 1.49. The number of nitrogens with two attached hydrogens (primary N) is 1. The van der Waals surface area contributed by atoms with Crippen LogP contribution in [0.3, 0.4) is 0 Å². The van der Waals surface area contributed by atoms with E-state index in [2.05, 4.69) is 4.99 Å². The van der Waals surface area contributed by atoms with Crippen molar-refractivity contribution in [3.63, 3.8) is 0 Å². The first-order valence-electron chi connectivity index (χ1n) is 4.89. The summed E-state index contributed by atoms with van der Waals surface area (Å²) < 4.78 is 0. The average molecular weight is 354 g/mol. The molecule has 0 bridgehead atoms. The molecule has 0 aliphatic heterocycles. The Kier molecular flexibility index (Phi) is 7.49. The van der Waals surface area contributed by atoms with Gasteiger partial charge in [0.15, 0.2) is 5.96 Å². The molecule has 90 valence electrons. The van der Waals surface area contributed by atoms with Gasteiger partial charge in [0, 0.05) is 25.2 Å². The van der Waals surface area contributed by atoms with Crippen LogP contribution in [0.2, 0.25) is 5.02 Å². The topological polar surface area (TPSA) is 41.6 Å². The van der Waals surface area contributed by atoms with Crippen LogP contribution in [0.15, 0.2) is 29.3 Å². The number of nitrogens with zero attached hydrogens (tertiary/aromatic N) is 2. The van der Waals surface area contributed by atoms with Gasteiger partial charge in [-0.3, -0.25) is 4.99 Å². The smallest absolute Gasteiger partial charge is 0.191 e. The predicted octanol–water partition coefficient (Wildman–Crippen LogP) is 2.72. The standard InChI is InChI=1S/C11H16ClN3.HI/c1-3-14-11(13)15(2)8-9-5-4-6-10(12)7-9;/h4-7H,3,8H2,1-2H3,(H2,13,14);1H. The van der Waals surface area contributed by atoms with Crippen LogP contribution in [-0.4, -0.2) is 24.5 Å². The fourth-order valence-electron chi connectivity index (χ4n) is 1.27. The van der Waals surface area contributed by atoms with Crippen molar-refractivity contribution in [2.24, 2.45) is 10.7 Å². The average Bonchev–Trinajstić information content (AvgIpc) is 2.18. The molecule has 0 unspecified atom stereocenters. The summed E-state index contributed by atoms with van der Waals surface area (Å²) in [6.45, 7) is 3.38. The van der Waals surface area contributed by atoms with Crippen LogP contribution in [-0.2, 0) is 6.54 Å². The molecule has 0 fully saturated rings. The van der Waals surface area contributed by atoms with Crippen LogP contribution in [0, 0.1) is 0 Å². The monoisotopic (exact) mass is 353 g/mol. The van der Waals surface area contributed by atoms with Crippen molar-refractivity contribution in [2.75, 3.05) is 13.6 Å². The zero-order valence-electron chi connectivity index (χ0n) is 9.48. The highest BCUT2D eigenvalue weighted by Gasteiger charge is 2.02. The second-order valence-corrected chi connectivity index (χ2v) is 3.75. The number of aliphatic imine (C=N–C) groups is 1. The third-order valence-corrected chi connectivity index (χ3v) is 2.26. The lowest BCUT2D eigenvalue weighted by atomic mass is 10.2. The van der Waals surface area contributed by atoms with Crippen LogP contribution in [0.25, 0.3) is 0 Å². The minimum atomic E-state index is 0. The molecule has 16 heavy (non-hydrogen) atoms. The molecule has 0 atom stereocenters. The molecule has 0 amide bonds. The zero-order valence-corrected chi connectivity index (χ0v) is 12.6. The maximum absolute atomic E-state index is 5.89. The summed E-state index contributed by atoms with van der Waals surface area (Å²) in [5, 5.41) is 0.743. The Labute approximate surface area is 119 Å². The summed E-state index contributed by atoms with van der Waals surface area (Å²) in [5.41, 5.74) is 6.88. The van der Waals surface area contributed by atoms with Gasteiger partial charge < -0.3 is 10.6 Å². The van der Waals surface area contributed by atoms with Gasteiger partial charge in [-0.25, -0.2) is 0 Å². The number of benzene rings is 1. The van der Waals surface area contributed by atoms with E-state index >= 15 is 0 Å². The Hall–Kier alpha value is -0.490. The van der Waals surface area contributed by atoms with E-state index in [1.807, 2.05) is 43.1 Å². The van der Waals surface area contributed by atoms with Gasteiger partial charge >= 0.3 is 0 Å². The Morgan fingerprint density at radius 3 is 2.75 bits per heavy atom. The third kappa shape index (κ3) is 5.03. The normalized spacial score (nSPS) is 10.8. The summed E-state index contributed by atoms with van der Waals surface area (Å²) in [7, 11) is 1.91. The van der Waals surface area contributed by atoms with Gasteiger partial charge in [-0.2, -0.15) is 0 Å². The predicted molar refractivity (Wildman–Crippen MR) is 80.5 cm³/mol. The molecule has 1 aromatic carbocycles. The van der Waals surface area contributed by atoms with Crippen LogP contribution < -0.4 is 5.73 Å². The molecular weight excluding hydrogens is 336 g/mol. The first kappa shape index (κ1) is 15.5. The lowest BCUT2D eigenvalue weighted by Crippen LogP contribution is -2.33. The van der Waals surface area contributed by atoms with E-state index in [4.69, 9.17) is 17.3 Å². The summed E-state index contributed by atoms with van der Waals surface area (Å²) >= 11 is 5.89. The number of rotatable bonds is 3. The molecule has 1 aromatic rings. The number of hydrogen-bond donors (Lipinski definition) is 1. The first-order valence-corrected chi connectivity index (χ1v) is 5.26. The van der Waals surface area contributed by atoms with Crippen LogP contribution in [0.1, 0.15) is 12.5 Å². The first-order chi connectivity index (χ1) is 7.13. The third-order valence-electron chi connectivity index (χ3n) is 2.02. The van der Waals surface area contributed by atoms with Crippen LogP contribution in [0.5, 0.6) is 0 Å². The summed E-state index contributed by atoms with van der Waals surface area (Å²) in [4.78, 5) is 6.03. The van der Waals surface area contributed by atoms with Crippen molar-refractivity contribution >= 4 is 41.5 Å². The van der Waals surface area contributed by atoms with Gasteiger partial charge in [-0.15, -0.1) is 24.0 Å². The van der Waals surface area contributed by atoms with Gasteiger partial charge in [-0.1, -0.05) is 23.7 Å². The Morgan fingerprint density at radius 2 is 2.19 bits per heavy atom.